The maximum atomic E-state index is 6.23. The third-order valence-electron chi connectivity index (χ3n) is 4.19. The highest BCUT2D eigenvalue weighted by Gasteiger charge is 2.23. The first-order valence-corrected chi connectivity index (χ1v) is 8.26. The van der Waals surface area contributed by atoms with Gasteiger partial charge < -0.3 is 0 Å². The number of alkyl halides is 1. The van der Waals surface area contributed by atoms with Crippen LogP contribution in [-0.4, -0.2) is 15.7 Å². The molecule has 1 aliphatic rings. The number of allylic oxidation sites excluding steroid dienone is 1. The van der Waals surface area contributed by atoms with E-state index in [-0.39, 0.29) is 5.41 Å². The molecule has 0 unspecified atom stereocenters. The standard InChI is InChI=1S/C17H27ClN2/c1-17(2,3)16-15(12-20(4)19-16)10-14(11-18)13-8-6-5-7-9-13/h10,12-13H,5-9,11H2,1-4H3/b14-10-. The largest absolute Gasteiger partial charge is 0.275 e. The Balaban J connectivity index is 2.32. The van der Waals surface area contributed by atoms with Crippen molar-refractivity contribution < 1.29 is 0 Å². The Bertz CT molecular complexity index is 474. The highest BCUT2D eigenvalue weighted by molar-refractivity contribution is 6.19. The summed E-state index contributed by atoms with van der Waals surface area (Å²) in [5.74, 6) is 1.32. The van der Waals surface area contributed by atoms with E-state index in [1.54, 1.807) is 0 Å². The quantitative estimate of drug-likeness (QED) is 0.724. The summed E-state index contributed by atoms with van der Waals surface area (Å²) >= 11 is 6.23. The molecule has 1 aromatic heterocycles. The van der Waals surface area contributed by atoms with E-state index in [1.165, 1.54) is 48.9 Å². The number of hydrogen-bond donors (Lipinski definition) is 0. The van der Waals surface area contributed by atoms with E-state index in [0.717, 1.165) is 0 Å². The van der Waals surface area contributed by atoms with Crippen molar-refractivity contribution in [3.8, 4) is 0 Å². The van der Waals surface area contributed by atoms with Gasteiger partial charge in [-0.25, -0.2) is 0 Å². The van der Waals surface area contributed by atoms with Crippen molar-refractivity contribution in [2.75, 3.05) is 5.88 Å². The molecule has 2 rings (SSSR count). The van der Waals surface area contributed by atoms with Crippen LogP contribution in [0, 0.1) is 5.92 Å². The zero-order valence-electron chi connectivity index (χ0n) is 13.2. The van der Waals surface area contributed by atoms with Crippen LogP contribution in [0.15, 0.2) is 11.8 Å². The number of rotatable bonds is 3. The van der Waals surface area contributed by atoms with E-state index < -0.39 is 0 Å². The lowest BCUT2D eigenvalue weighted by atomic mass is 9.83. The second kappa shape index (κ2) is 6.34. The van der Waals surface area contributed by atoms with Crippen LogP contribution < -0.4 is 0 Å². The Hall–Kier alpha value is -0.760. The van der Waals surface area contributed by atoms with E-state index >= 15 is 0 Å². The predicted octanol–water partition coefficient (Wildman–Crippen LogP) is 4.92. The van der Waals surface area contributed by atoms with Gasteiger partial charge >= 0.3 is 0 Å². The van der Waals surface area contributed by atoms with Gasteiger partial charge in [-0.15, -0.1) is 11.6 Å². The molecule has 0 saturated heterocycles. The van der Waals surface area contributed by atoms with Crippen LogP contribution in [0.4, 0.5) is 0 Å². The molecule has 0 N–H and O–H groups in total. The minimum Gasteiger partial charge on any atom is -0.275 e. The number of aryl methyl sites for hydroxylation is 1. The van der Waals surface area contributed by atoms with E-state index in [0.29, 0.717) is 11.8 Å². The van der Waals surface area contributed by atoms with Crippen molar-refractivity contribution in [2.24, 2.45) is 13.0 Å². The van der Waals surface area contributed by atoms with Gasteiger partial charge in [0.25, 0.3) is 0 Å². The van der Waals surface area contributed by atoms with Crippen molar-refractivity contribution in [1.29, 1.82) is 0 Å². The topological polar surface area (TPSA) is 17.8 Å². The molecule has 1 saturated carbocycles. The van der Waals surface area contributed by atoms with Crippen LogP contribution in [-0.2, 0) is 12.5 Å². The molecule has 0 atom stereocenters. The fourth-order valence-electron chi connectivity index (χ4n) is 3.13. The molecule has 0 spiro atoms. The molecular formula is C17H27ClN2. The third kappa shape index (κ3) is 3.66. The van der Waals surface area contributed by atoms with E-state index in [1.807, 2.05) is 11.7 Å². The van der Waals surface area contributed by atoms with Crippen LogP contribution in [0.2, 0.25) is 0 Å². The number of halogens is 1. The Morgan fingerprint density at radius 2 is 2.00 bits per heavy atom. The molecule has 0 amide bonds. The number of aromatic nitrogens is 2. The van der Waals surface area contributed by atoms with Gasteiger partial charge in [0.1, 0.15) is 0 Å². The minimum atomic E-state index is 0.0665. The Morgan fingerprint density at radius 3 is 2.55 bits per heavy atom. The summed E-state index contributed by atoms with van der Waals surface area (Å²) in [5.41, 5.74) is 3.86. The Labute approximate surface area is 128 Å². The number of nitrogens with zero attached hydrogens (tertiary/aromatic N) is 2. The molecule has 1 fully saturated rings. The fraction of sp³-hybridized carbons (Fsp3) is 0.706. The molecule has 112 valence electrons. The summed E-state index contributed by atoms with van der Waals surface area (Å²) in [5, 5.41) is 4.64. The van der Waals surface area contributed by atoms with Crippen molar-refractivity contribution >= 4 is 17.7 Å². The zero-order valence-corrected chi connectivity index (χ0v) is 14.0. The van der Waals surface area contributed by atoms with E-state index in [2.05, 4.69) is 38.1 Å². The van der Waals surface area contributed by atoms with Gasteiger partial charge in [0.15, 0.2) is 0 Å². The van der Waals surface area contributed by atoms with Crippen LogP contribution >= 0.6 is 11.6 Å². The molecular weight excluding hydrogens is 268 g/mol. The van der Waals surface area contributed by atoms with Gasteiger partial charge in [-0.3, -0.25) is 4.68 Å². The molecule has 0 aliphatic heterocycles. The van der Waals surface area contributed by atoms with Crippen molar-refractivity contribution in [2.45, 2.75) is 58.3 Å². The third-order valence-corrected chi connectivity index (χ3v) is 4.50. The zero-order chi connectivity index (χ0) is 14.8. The smallest absolute Gasteiger partial charge is 0.0750 e. The molecule has 0 radical (unpaired) electrons. The van der Waals surface area contributed by atoms with Crippen molar-refractivity contribution in [1.82, 2.24) is 9.78 Å². The summed E-state index contributed by atoms with van der Waals surface area (Å²) in [6, 6.07) is 0. The highest BCUT2D eigenvalue weighted by Crippen LogP contribution is 2.33. The molecule has 3 heteroatoms. The summed E-state index contributed by atoms with van der Waals surface area (Å²) in [7, 11) is 1.99. The lowest BCUT2D eigenvalue weighted by Gasteiger charge is -2.24. The molecule has 20 heavy (non-hydrogen) atoms. The SMILES string of the molecule is Cn1cc(/C=C(/CCl)C2CCCCC2)c(C(C)(C)C)n1. The average Bonchev–Trinajstić information content (AvgIpc) is 2.78. The normalized spacial score (nSPS) is 18.6. The molecule has 1 aliphatic carbocycles. The summed E-state index contributed by atoms with van der Waals surface area (Å²) in [4.78, 5) is 0. The van der Waals surface area contributed by atoms with Gasteiger partial charge in [0, 0.05) is 30.1 Å². The van der Waals surface area contributed by atoms with Crippen LogP contribution in [0.5, 0.6) is 0 Å². The predicted molar refractivity (Wildman–Crippen MR) is 87.2 cm³/mol. The maximum Gasteiger partial charge on any atom is 0.0750 e. The molecule has 0 bridgehead atoms. The van der Waals surface area contributed by atoms with E-state index in [4.69, 9.17) is 11.6 Å². The van der Waals surface area contributed by atoms with Gasteiger partial charge in [0.05, 0.1) is 5.69 Å². The molecule has 1 heterocycles. The van der Waals surface area contributed by atoms with Gasteiger partial charge in [-0.2, -0.15) is 5.10 Å². The second-order valence-corrected chi connectivity index (χ2v) is 7.31. The summed E-state index contributed by atoms with van der Waals surface area (Å²) < 4.78 is 1.92. The highest BCUT2D eigenvalue weighted by atomic mass is 35.5. The monoisotopic (exact) mass is 294 g/mol. The Morgan fingerprint density at radius 1 is 1.35 bits per heavy atom. The first kappa shape index (κ1) is 15.6. The van der Waals surface area contributed by atoms with E-state index in [9.17, 15) is 0 Å². The number of hydrogen-bond acceptors (Lipinski definition) is 1. The van der Waals surface area contributed by atoms with Crippen molar-refractivity contribution in [3.05, 3.63) is 23.0 Å². The summed E-state index contributed by atoms with van der Waals surface area (Å²) in [6.07, 6.45) is 11.1. The summed E-state index contributed by atoms with van der Waals surface area (Å²) in [6.45, 7) is 6.65. The average molecular weight is 295 g/mol. The van der Waals surface area contributed by atoms with Gasteiger partial charge in [0.2, 0.25) is 0 Å². The first-order valence-electron chi connectivity index (χ1n) is 7.72. The van der Waals surface area contributed by atoms with Gasteiger partial charge in [-0.05, 0) is 18.8 Å². The molecule has 1 aromatic rings. The first-order chi connectivity index (χ1) is 9.41. The maximum absolute atomic E-state index is 6.23. The van der Waals surface area contributed by atoms with Crippen LogP contribution in [0.3, 0.4) is 0 Å². The minimum absolute atomic E-state index is 0.0665. The second-order valence-electron chi connectivity index (χ2n) is 7.04. The van der Waals surface area contributed by atoms with Crippen molar-refractivity contribution in [3.63, 3.8) is 0 Å². The van der Waals surface area contributed by atoms with Crippen LogP contribution in [0.25, 0.3) is 6.08 Å². The van der Waals surface area contributed by atoms with Crippen LogP contribution in [0.1, 0.15) is 64.1 Å². The Kier molecular flexibility index (Phi) is 4.95. The lowest BCUT2D eigenvalue weighted by molar-refractivity contribution is 0.405. The molecule has 2 nitrogen and oxygen atoms in total. The lowest BCUT2D eigenvalue weighted by Crippen LogP contribution is -2.14. The molecule has 0 aromatic carbocycles. The fourth-order valence-corrected chi connectivity index (χ4v) is 3.43. The van der Waals surface area contributed by atoms with Gasteiger partial charge in [-0.1, -0.05) is 51.7 Å².